The Labute approximate surface area is 102 Å². The van der Waals surface area contributed by atoms with E-state index in [4.69, 9.17) is 4.74 Å². The average molecular weight is 236 g/mol. The van der Waals surface area contributed by atoms with E-state index in [0.717, 1.165) is 19.1 Å². The number of ether oxygens (including phenoxy) is 1. The van der Waals surface area contributed by atoms with E-state index in [-0.39, 0.29) is 29.8 Å². The first-order valence-corrected chi connectivity index (χ1v) is 6.88. The highest BCUT2D eigenvalue weighted by Gasteiger charge is 2.54. The number of rotatable bonds is 1. The third-order valence-corrected chi connectivity index (χ3v) is 5.23. The van der Waals surface area contributed by atoms with Gasteiger partial charge in [0.05, 0.1) is 5.92 Å². The Kier molecular flexibility index (Phi) is 2.72. The van der Waals surface area contributed by atoms with Gasteiger partial charge in [-0.25, -0.2) is 0 Å². The summed E-state index contributed by atoms with van der Waals surface area (Å²) in [5, 5.41) is 0. The Balaban J connectivity index is 1.90. The molecule has 1 aliphatic heterocycles. The van der Waals surface area contributed by atoms with Crippen LogP contribution < -0.4 is 0 Å². The van der Waals surface area contributed by atoms with Gasteiger partial charge in [-0.15, -0.1) is 0 Å². The topological polar surface area (TPSA) is 43.4 Å². The van der Waals surface area contributed by atoms with E-state index < -0.39 is 0 Å². The largest absolute Gasteiger partial charge is 0.462 e. The van der Waals surface area contributed by atoms with Crippen LogP contribution in [0.15, 0.2) is 0 Å². The fourth-order valence-corrected chi connectivity index (χ4v) is 4.51. The lowest BCUT2D eigenvalue weighted by molar-refractivity contribution is -0.144. The minimum Gasteiger partial charge on any atom is -0.462 e. The summed E-state index contributed by atoms with van der Waals surface area (Å²) in [5.74, 6) is 1.25. The normalized spacial score (nSPS) is 49.1. The zero-order chi connectivity index (χ0) is 12.0. The molecule has 0 aromatic heterocycles. The first-order valence-electron chi connectivity index (χ1n) is 6.88. The summed E-state index contributed by atoms with van der Waals surface area (Å²) >= 11 is 0. The van der Waals surface area contributed by atoms with Crippen molar-refractivity contribution in [3.63, 3.8) is 0 Å². The highest BCUT2D eigenvalue weighted by atomic mass is 16.6. The van der Waals surface area contributed by atoms with E-state index in [1.165, 1.54) is 19.3 Å². The first-order chi connectivity index (χ1) is 8.22. The van der Waals surface area contributed by atoms with Crippen molar-refractivity contribution >= 4 is 12.3 Å². The standard InChI is InChI=1S/C14H20O3/c1-8-13-11(14(16)17-8)6-9-4-2-3-5-10(9)12(13)7-15/h7-13H,2-6H2,1H3/t8-,9+,10-,11?,12+,13-/m1/s1. The van der Waals surface area contributed by atoms with Crippen LogP contribution in [0.5, 0.6) is 0 Å². The SMILES string of the molecule is C[C@H]1OC(=O)C2C[C@@H]3CCCC[C@H]3[C@H](C=O)[C@@H]21. The molecule has 2 saturated carbocycles. The van der Waals surface area contributed by atoms with Gasteiger partial charge >= 0.3 is 5.97 Å². The number of hydrogen-bond acceptors (Lipinski definition) is 3. The Hall–Kier alpha value is -0.860. The second-order valence-electron chi connectivity index (χ2n) is 5.98. The highest BCUT2D eigenvalue weighted by molar-refractivity contribution is 5.76. The van der Waals surface area contributed by atoms with Gasteiger partial charge in [-0.2, -0.15) is 0 Å². The van der Waals surface area contributed by atoms with Gasteiger partial charge in [0.2, 0.25) is 0 Å². The zero-order valence-corrected chi connectivity index (χ0v) is 10.3. The number of carbonyl (C=O) groups excluding carboxylic acids is 2. The van der Waals surface area contributed by atoms with Crippen molar-refractivity contribution in [2.24, 2.45) is 29.6 Å². The number of cyclic esters (lactones) is 1. The number of fused-ring (bicyclic) bond motifs is 2. The van der Waals surface area contributed by atoms with Gasteiger partial charge in [-0.3, -0.25) is 4.79 Å². The Morgan fingerprint density at radius 2 is 2.06 bits per heavy atom. The third kappa shape index (κ3) is 1.62. The van der Waals surface area contributed by atoms with Crippen LogP contribution in [0, 0.1) is 29.6 Å². The molecule has 1 unspecified atom stereocenters. The van der Waals surface area contributed by atoms with Gasteiger partial charge < -0.3 is 9.53 Å². The van der Waals surface area contributed by atoms with Gasteiger partial charge in [-0.05, 0) is 31.6 Å². The Morgan fingerprint density at radius 1 is 1.29 bits per heavy atom. The zero-order valence-electron chi connectivity index (χ0n) is 10.3. The molecule has 94 valence electrons. The van der Waals surface area contributed by atoms with Gasteiger partial charge in [0.25, 0.3) is 0 Å². The smallest absolute Gasteiger partial charge is 0.309 e. The molecule has 3 heteroatoms. The molecule has 0 amide bonds. The summed E-state index contributed by atoms with van der Waals surface area (Å²) in [4.78, 5) is 23.3. The van der Waals surface area contributed by atoms with Crippen molar-refractivity contribution in [1.29, 1.82) is 0 Å². The van der Waals surface area contributed by atoms with Crippen LogP contribution in [0.2, 0.25) is 0 Å². The lowest BCUT2D eigenvalue weighted by atomic mass is 9.58. The van der Waals surface area contributed by atoms with E-state index in [1.54, 1.807) is 0 Å². The van der Waals surface area contributed by atoms with Gasteiger partial charge in [-0.1, -0.05) is 19.3 Å². The molecule has 0 aromatic rings. The van der Waals surface area contributed by atoms with Crippen LogP contribution in [0.25, 0.3) is 0 Å². The second-order valence-corrected chi connectivity index (χ2v) is 5.98. The predicted octanol–water partition coefficient (Wildman–Crippen LogP) is 2.19. The molecular weight excluding hydrogens is 216 g/mol. The molecule has 2 aliphatic carbocycles. The summed E-state index contributed by atoms with van der Waals surface area (Å²) in [5.41, 5.74) is 0. The van der Waals surface area contributed by atoms with Gasteiger partial charge in [0, 0.05) is 11.8 Å². The number of carbonyl (C=O) groups is 2. The molecule has 17 heavy (non-hydrogen) atoms. The first kappa shape index (κ1) is 11.2. The number of esters is 1. The van der Waals surface area contributed by atoms with E-state index in [0.29, 0.717) is 11.8 Å². The second kappa shape index (κ2) is 4.11. The molecule has 0 N–H and O–H groups in total. The summed E-state index contributed by atoms with van der Waals surface area (Å²) < 4.78 is 5.35. The molecule has 3 aliphatic rings. The lowest BCUT2D eigenvalue weighted by Crippen LogP contribution is -2.44. The predicted molar refractivity (Wildman–Crippen MR) is 62.2 cm³/mol. The molecular formula is C14H20O3. The lowest BCUT2D eigenvalue weighted by Gasteiger charge is -2.44. The maximum absolute atomic E-state index is 11.8. The Morgan fingerprint density at radius 3 is 2.82 bits per heavy atom. The quantitative estimate of drug-likeness (QED) is 0.518. The van der Waals surface area contributed by atoms with Crippen molar-refractivity contribution in [2.75, 3.05) is 0 Å². The molecule has 0 spiro atoms. The molecule has 0 radical (unpaired) electrons. The van der Waals surface area contributed by atoms with Crippen molar-refractivity contribution < 1.29 is 14.3 Å². The minimum atomic E-state index is -0.0643. The van der Waals surface area contributed by atoms with Crippen molar-refractivity contribution in [1.82, 2.24) is 0 Å². The average Bonchev–Trinajstić information content (AvgIpc) is 2.62. The minimum absolute atomic E-state index is 0.000417. The maximum Gasteiger partial charge on any atom is 0.309 e. The van der Waals surface area contributed by atoms with Crippen LogP contribution in [0.1, 0.15) is 39.0 Å². The number of hydrogen-bond donors (Lipinski definition) is 0. The van der Waals surface area contributed by atoms with Gasteiger partial charge in [0.1, 0.15) is 12.4 Å². The van der Waals surface area contributed by atoms with E-state index in [2.05, 4.69) is 0 Å². The highest BCUT2D eigenvalue weighted by Crippen LogP contribution is 2.52. The number of aldehydes is 1. The maximum atomic E-state index is 11.8. The summed E-state index contributed by atoms with van der Waals surface area (Å²) in [6.45, 7) is 1.95. The van der Waals surface area contributed by atoms with Crippen molar-refractivity contribution in [2.45, 2.75) is 45.1 Å². The van der Waals surface area contributed by atoms with Crippen LogP contribution in [-0.4, -0.2) is 18.4 Å². The van der Waals surface area contributed by atoms with Crippen molar-refractivity contribution in [3.05, 3.63) is 0 Å². The molecule has 3 nitrogen and oxygen atoms in total. The summed E-state index contributed by atoms with van der Waals surface area (Å²) in [6.07, 6.45) is 6.87. The van der Waals surface area contributed by atoms with Crippen LogP contribution in [-0.2, 0) is 14.3 Å². The summed E-state index contributed by atoms with van der Waals surface area (Å²) in [7, 11) is 0. The van der Waals surface area contributed by atoms with Crippen LogP contribution in [0.4, 0.5) is 0 Å². The van der Waals surface area contributed by atoms with Crippen LogP contribution in [0.3, 0.4) is 0 Å². The van der Waals surface area contributed by atoms with Crippen LogP contribution >= 0.6 is 0 Å². The summed E-state index contributed by atoms with van der Waals surface area (Å²) in [6, 6.07) is 0. The molecule has 3 fully saturated rings. The van der Waals surface area contributed by atoms with Gasteiger partial charge in [0.15, 0.2) is 0 Å². The third-order valence-electron chi connectivity index (χ3n) is 5.23. The van der Waals surface area contributed by atoms with E-state index >= 15 is 0 Å². The Bertz CT molecular complexity index is 338. The van der Waals surface area contributed by atoms with E-state index in [1.807, 2.05) is 6.92 Å². The molecule has 6 atom stereocenters. The van der Waals surface area contributed by atoms with Crippen molar-refractivity contribution in [3.8, 4) is 0 Å². The molecule has 3 rings (SSSR count). The molecule has 0 bridgehead atoms. The molecule has 1 saturated heterocycles. The monoisotopic (exact) mass is 236 g/mol. The molecule has 1 heterocycles. The molecule has 0 aromatic carbocycles. The fourth-order valence-electron chi connectivity index (χ4n) is 4.51. The van der Waals surface area contributed by atoms with E-state index in [9.17, 15) is 9.59 Å². The fraction of sp³-hybridized carbons (Fsp3) is 0.857.